The molecular weight excluding hydrogens is 631 g/mol. The van der Waals surface area contributed by atoms with Crippen LogP contribution in [-0.4, -0.2) is 6.71 Å². The first-order valence-corrected chi connectivity index (χ1v) is 18.6. The van der Waals surface area contributed by atoms with E-state index < -0.39 is 0 Å². The molecule has 2 heteroatoms. The van der Waals surface area contributed by atoms with Crippen LogP contribution >= 0.6 is 11.3 Å². The number of hydrogen-bond donors (Lipinski definition) is 0. The van der Waals surface area contributed by atoms with Gasteiger partial charge in [-0.15, -0.1) is 11.3 Å². The van der Waals surface area contributed by atoms with Crippen molar-refractivity contribution in [2.75, 3.05) is 0 Å². The van der Waals surface area contributed by atoms with Crippen LogP contribution in [0.4, 0.5) is 0 Å². The van der Waals surface area contributed by atoms with Crippen molar-refractivity contribution >= 4 is 54.6 Å². The summed E-state index contributed by atoms with van der Waals surface area (Å²) in [5.74, 6) is 0. The molecule has 10 rings (SSSR count). The van der Waals surface area contributed by atoms with E-state index in [1.165, 1.54) is 92.2 Å². The molecule has 2 heterocycles. The summed E-state index contributed by atoms with van der Waals surface area (Å²) in [6, 6.07) is 69.6. The molecule has 0 unspecified atom stereocenters. The minimum atomic E-state index is 0.194. The second-order valence-corrected chi connectivity index (χ2v) is 14.7. The second kappa shape index (κ2) is 12.4. The summed E-state index contributed by atoms with van der Waals surface area (Å²) in [7, 11) is 0. The first-order valence-electron chi connectivity index (χ1n) is 17.7. The summed E-state index contributed by atoms with van der Waals surface area (Å²) in [4.78, 5) is 0. The highest BCUT2D eigenvalue weighted by Gasteiger charge is 2.30. The molecular formula is C49H33BS. The smallest absolute Gasteiger partial charge is 0.134 e. The molecule has 0 saturated heterocycles. The van der Waals surface area contributed by atoms with Crippen molar-refractivity contribution in [3.63, 3.8) is 0 Å². The van der Waals surface area contributed by atoms with Crippen LogP contribution in [0.1, 0.15) is 11.1 Å². The summed E-state index contributed by atoms with van der Waals surface area (Å²) in [6.07, 6.45) is 0.985. The highest BCUT2D eigenvalue weighted by Crippen LogP contribution is 2.47. The lowest BCUT2D eigenvalue weighted by molar-refractivity contribution is 1.21. The van der Waals surface area contributed by atoms with Gasteiger partial charge >= 0.3 is 0 Å². The summed E-state index contributed by atoms with van der Waals surface area (Å²) in [5, 5.41) is 2.61. The molecule has 51 heavy (non-hydrogen) atoms. The van der Waals surface area contributed by atoms with E-state index >= 15 is 0 Å². The molecule has 8 aromatic carbocycles. The van der Waals surface area contributed by atoms with Crippen LogP contribution in [0.25, 0.3) is 64.7 Å². The fourth-order valence-electron chi connectivity index (χ4n) is 8.19. The van der Waals surface area contributed by atoms with Crippen molar-refractivity contribution in [3.05, 3.63) is 199 Å². The van der Waals surface area contributed by atoms with Crippen molar-refractivity contribution in [2.24, 2.45) is 0 Å². The van der Waals surface area contributed by atoms with Crippen LogP contribution in [0, 0.1) is 0 Å². The van der Waals surface area contributed by atoms with Gasteiger partial charge in [0.15, 0.2) is 0 Å². The molecule has 1 aliphatic rings. The number of benzene rings is 8. The van der Waals surface area contributed by atoms with E-state index in [0.717, 1.165) is 6.42 Å². The molecule has 0 amide bonds. The normalized spacial score (nSPS) is 12.2. The predicted molar refractivity (Wildman–Crippen MR) is 221 cm³/mol. The Hall–Kier alpha value is -5.96. The predicted octanol–water partition coefficient (Wildman–Crippen LogP) is 11.1. The Morgan fingerprint density at radius 3 is 1.35 bits per heavy atom. The van der Waals surface area contributed by atoms with Crippen molar-refractivity contribution in [2.45, 2.75) is 6.42 Å². The van der Waals surface area contributed by atoms with Crippen LogP contribution in [0.15, 0.2) is 188 Å². The molecule has 0 fully saturated rings. The van der Waals surface area contributed by atoms with Crippen molar-refractivity contribution in [1.29, 1.82) is 0 Å². The summed E-state index contributed by atoms with van der Waals surface area (Å²) in [5.41, 5.74) is 17.0. The van der Waals surface area contributed by atoms with E-state index in [9.17, 15) is 0 Å². The SMILES string of the molecule is c1ccc(-c2cc(-c3ccccc3)c3sc4c(-c5cccc(B6c7ccccc7Cc7ccccc76)c5)cc(-c5ccccc5)cc4c3c2)cc1. The number of fused-ring (bicyclic) bond motifs is 5. The van der Waals surface area contributed by atoms with Gasteiger partial charge in [0.2, 0.25) is 6.71 Å². The van der Waals surface area contributed by atoms with Crippen molar-refractivity contribution < 1.29 is 0 Å². The minimum Gasteiger partial charge on any atom is -0.134 e. The maximum Gasteiger partial charge on any atom is 0.241 e. The Bertz CT molecular complexity index is 2660. The van der Waals surface area contributed by atoms with Crippen LogP contribution in [0.3, 0.4) is 0 Å². The average molecular weight is 665 g/mol. The molecule has 0 bridgehead atoms. The molecule has 0 nitrogen and oxygen atoms in total. The maximum atomic E-state index is 2.46. The van der Waals surface area contributed by atoms with Gasteiger partial charge in [-0.2, -0.15) is 0 Å². The lowest BCUT2D eigenvalue weighted by atomic mass is 9.33. The van der Waals surface area contributed by atoms with Crippen molar-refractivity contribution in [3.8, 4) is 44.5 Å². The monoisotopic (exact) mass is 664 g/mol. The number of rotatable bonds is 5. The molecule has 0 aliphatic carbocycles. The fraction of sp³-hybridized carbons (Fsp3) is 0.0204. The molecule has 1 aromatic heterocycles. The first-order chi connectivity index (χ1) is 25.3. The molecule has 0 atom stereocenters. The third-order valence-corrected chi connectivity index (χ3v) is 11.9. The summed E-state index contributed by atoms with van der Waals surface area (Å²) >= 11 is 1.93. The molecule has 238 valence electrons. The van der Waals surface area contributed by atoms with Crippen LogP contribution in [-0.2, 0) is 6.42 Å². The first kappa shape index (κ1) is 29.9. The molecule has 9 aromatic rings. The minimum absolute atomic E-state index is 0.194. The van der Waals surface area contributed by atoms with Crippen LogP contribution < -0.4 is 16.4 Å². The largest absolute Gasteiger partial charge is 0.241 e. The Labute approximate surface area is 303 Å². The zero-order valence-electron chi connectivity index (χ0n) is 28.1. The average Bonchev–Trinajstić information content (AvgIpc) is 3.59. The third-order valence-electron chi connectivity index (χ3n) is 10.6. The molecule has 0 spiro atoms. The topological polar surface area (TPSA) is 0 Å². The van der Waals surface area contributed by atoms with E-state index in [1.54, 1.807) is 0 Å². The maximum absolute atomic E-state index is 2.46. The van der Waals surface area contributed by atoms with Gasteiger partial charge in [-0.05, 0) is 75.2 Å². The lowest BCUT2D eigenvalue weighted by Gasteiger charge is -2.27. The Morgan fingerprint density at radius 1 is 0.353 bits per heavy atom. The molecule has 0 saturated carbocycles. The fourth-order valence-corrected chi connectivity index (χ4v) is 9.53. The van der Waals surface area contributed by atoms with E-state index in [-0.39, 0.29) is 6.71 Å². The highest BCUT2D eigenvalue weighted by molar-refractivity contribution is 7.27. The zero-order valence-corrected chi connectivity index (χ0v) is 28.9. The lowest BCUT2D eigenvalue weighted by Crippen LogP contribution is -2.56. The Balaban J connectivity index is 1.24. The van der Waals surface area contributed by atoms with Gasteiger partial charge in [-0.3, -0.25) is 0 Å². The van der Waals surface area contributed by atoms with Gasteiger partial charge in [-0.25, -0.2) is 0 Å². The summed E-state index contributed by atoms with van der Waals surface area (Å²) in [6.45, 7) is 0.194. The zero-order chi connectivity index (χ0) is 33.7. The molecule has 0 N–H and O–H groups in total. The van der Waals surface area contributed by atoms with Crippen LogP contribution in [0.2, 0.25) is 0 Å². The van der Waals surface area contributed by atoms with Gasteiger partial charge in [0.25, 0.3) is 0 Å². The van der Waals surface area contributed by atoms with Crippen molar-refractivity contribution in [1.82, 2.24) is 0 Å². The van der Waals surface area contributed by atoms with Gasteiger partial charge in [-0.1, -0.05) is 180 Å². The highest BCUT2D eigenvalue weighted by atomic mass is 32.1. The number of thiophene rings is 1. The van der Waals surface area contributed by atoms with E-state index in [4.69, 9.17) is 0 Å². The quantitative estimate of drug-likeness (QED) is 0.161. The molecule has 0 radical (unpaired) electrons. The third kappa shape index (κ3) is 5.23. The summed E-state index contributed by atoms with van der Waals surface area (Å²) < 4.78 is 2.65. The Morgan fingerprint density at radius 2 is 0.804 bits per heavy atom. The standard InChI is InChI=1S/C49H33BS/c1-4-15-33(16-5-1)39-29-42(35-19-8-3-9-20-35)48-44(31-39)45-32-40(34-17-6-2-7-18-34)30-43(49(45)51-48)36-23-14-24-41(28-36)50-46-25-12-10-21-37(46)27-38-22-11-13-26-47(38)50/h1-26,28-32H,27H2. The van der Waals surface area contributed by atoms with Gasteiger partial charge in [0.1, 0.15) is 0 Å². The second-order valence-electron chi connectivity index (χ2n) is 13.6. The van der Waals surface area contributed by atoms with Gasteiger partial charge in [0, 0.05) is 31.3 Å². The van der Waals surface area contributed by atoms with E-state index in [2.05, 4.69) is 188 Å². The van der Waals surface area contributed by atoms with E-state index in [0.29, 0.717) is 0 Å². The van der Waals surface area contributed by atoms with E-state index in [1.807, 2.05) is 11.3 Å². The van der Waals surface area contributed by atoms with Gasteiger partial charge in [0.05, 0.1) is 0 Å². The van der Waals surface area contributed by atoms with Crippen LogP contribution in [0.5, 0.6) is 0 Å². The Kier molecular flexibility index (Phi) is 7.29. The molecule has 1 aliphatic heterocycles. The van der Waals surface area contributed by atoms with Gasteiger partial charge < -0.3 is 0 Å². The number of hydrogen-bond acceptors (Lipinski definition) is 1.